The van der Waals surface area contributed by atoms with Crippen LogP contribution in [0, 0.1) is 0 Å². The van der Waals surface area contributed by atoms with E-state index in [0.717, 1.165) is 31.7 Å². The number of hydrogen-bond donors (Lipinski definition) is 1. The number of rotatable bonds is 6. The molecule has 5 nitrogen and oxygen atoms in total. The lowest BCUT2D eigenvalue weighted by atomic mass is 10.2. The molecule has 2 heterocycles. The number of hydrogen-bond acceptors (Lipinski definition) is 4. The molecule has 1 N–H and O–H groups in total. The Hall–Kier alpha value is -1.07. The molecule has 0 spiro atoms. The molecule has 0 aliphatic carbocycles. The van der Waals surface area contributed by atoms with Crippen molar-refractivity contribution in [2.75, 3.05) is 19.7 Å². The van der Waals surface area contributed by atoms with Crippen molar-refractivity contribution in [1.82, 2.24) is 15.1 Å². The van der Waals surface area contributed by atoms with Crippen molar-refractivity contribution in [3.8, 4) is 5.75 Å². The van der Waals surface area contributed by atoms with E-state index in [9.17, 15) is 0 Å². The first-order valence-corrected chi connectivity index (χ1v) is 6.25. The standard InChI is InChI=1S/C12H21N3O2/c1-3-13-6-10-4-5-11(17-10)9-16-12-7-14-15(2)8-12/h7-8,10-11,13H,3-6,9H2,1-2H3. The van der Waals surface area contributed by atoms with E-state index in [0.29, 0.717) is 12.7 Å². The van der Waals surface area contributed by atoms with Gasteiger partial charge in [0.2, 0.25) is 0 Å². The van der Waals surface area contributed by atoms with Gasteiger partial charge in [-0.3, -0.25) is 4.68 Å². The lowest BCUT2D eigenvalue weighted by Crippen LogP contribution is -2.28. The van der Waals surface area contributed by atoms with Crippen LogP contribution in [0.4, 0.5) is 0 Å². The summed E-state index contributed by atoms with van der Waals surface area (Å²) in [6.07, 6.45) is 6.36. The molecule has 0 radical (unpaired) electrons. The maximum atomic E-state index is 5.88. The highest BCUT2D eigenvalue weighted by atomic mass is 16.5. The second-order valence-corrected chi connectivity index (χ2v) is 4.43. The average Bonchev–Trinajstić information content (AvgIpc) is 2.93. The molecule has 2 unspecified atom stereocenters. The van der Waals surface area contributed by atoms with E-state index >= 15 is 0 Å². The van der Waals surface area contributed by atoms with Crippen LogP contribution >= 0.6 is 0 Å². The summed E-state index contributed by atoms with van der Waals surface area (Å²) >= 11 is 0. The molecule has 5 heteroatoms. The molecule has 0 aromatic carbocycles. The first kappa shape index (κ1) is 12.4. The average molecular weight is 239 g/mol. The molecule has 1 aliphatic heterocycles. The van der Waals surface area contributed by atoms with Crippen LogP contribution in [0.15, 0.2) is 12.4 Å². The summed E-state index contributed by atoms with van der Waals surface area (Å²) in [4.78, 5) is 0. The molecule has 17 heavy (non-hydrogen) atoms. The fraction of sp³-hybridized carbons (Fsp3) is 0.750. The Bertz CT molecular complexity index is 340. The monoisotopic (exact) mass is 239 g/mol. The molecule has 96 valence electrons. The predicted molar refractivity (Wildman–Crippen MR) is 65.1 cm³/mol. The Morgan fingerprint density at radius 1 is 1.53 bits per heavy atom. The van der Waals surface area contributed by atoms with Crippen LogP contribution in [0.25, 0.3) is 0 Å². The Morgan fingerprint density at radius 3 is 3.06 bits per heavy atom. The zero-order valence-corrected chi connectivity index (χ0v) is 10.6. The lowest BCUT2D eigenvalue weighted by Gasteiger charge is -2.14. The molecule has 1 fully saturated rings. The van der Waals surface area contributed by atoms with Crippen LogP contribution in [0.5, 0.6) is 5.75 Å². The van der Waals surface area contributed by atoms with Crippen LogP contribution in [0.2, 0.25) is 0 Å². The van der Waals surface area contributed by atoms with Crippen LogP contribution in [0.3, 0.4) is 0 Å². The molecule has 0 bridgehead atoms. The van der Waals surface area contributed by atoms with Gasteiger partial charge < -0.3 is 14.8 Å². The lowest BCUT2D eigenvalue weighted by molar-refractivity contribution is 0.0188. The summed E-state index contributed by atoms with van der Waals surface area (Å²) in [5, 5.41) is 7.37. The topological polar surface area (TPSA) is 48.3 Å². The van der Waals surface area contributed by atoms with Gasteiger partial charge in [-0.15, -0.1) is 0 Å². The van der Waals surface area contributed by atoms with Gasteiger partial charge in [0, 0.05) is 13.6 Å². The van der Waals surface area contributed by atoms with E-state index in [1.165, 1.54) is 0 Å². The highest BCUT2D eigenvalue weighted by molar-refractivity contribution is 5.11. The van der Waals surface area contributed by atoms with E-state index < -0.39 is 0 Å². The molecule has 0 amide bonds. The van der Waals surface area contributed by atoms with Crippen molar-refractivity contribution in [2.45, 2.75) is 32.0 Å². The molecule has 2 rings (SSSR count). The van der Waals surface area contributed by atoms with Crippen molar-refractivity contribution < 1.29 is 9.47 Å². The summed E-state index contributed by atoms with van der Waals surface area (Å²) in [7, 11) is 1.88. The maximum Gasteiger partial charge on any atom is 0.157 e. The highest BCUT2D eigenvalue weighted by Gasteiger charge is 2.25. The number of nitrogens with zero attached hydrogens (tertiary/aromatic N) is 2. The van der Waals surface area contributed by atoms with E-state index in [1.807, 2.05) is 13.2 Å². The number of aromatic nitrogens is 2. The van der Waals surface area contributed by atoms with Crippen molar-refractivity contribution in [3.63, 3.8) is 0 Å². The van der Waals surface area contributed by atoms with Gasteiger partial charge in [0.1, 0.15) is 6.61 Å². The molecule has 1 saturated heterocycles. The fourth-order valence-electron chi connectivity index (χ4n) is 2.02. The number of likely N-dealkylation sites (N-methyl/N-ethyl adjacent to an activating group) is 1. The molecular formula is C12H21N3O2. The van der Waals surface area contributed by atoms with Crippen molar-refractivity contribution in [3.05, 3.63) is 12.4 Å². The largest absolute Gasteiger partial charge is 0.488 e. The minimum atomic E-state index is 0.221. The number of aryl methyl sites for hydroxylation is 1. The molecule has 1 aromatic heterocycles. The molecular weight excluding hydrogens is 218 g/mol. The molecule has 1 aromatic rings. The third-order valence-corrected chi connectivity index (χ3v) is 2.93. The minimum Gasteiger partial charge on any atom is -0.488 e. The Kier molecular flexibility index (Phi) is 4.39. The van der Waals surface area contributed by atoms with Crippen LogP contribution in [0.1, 0.15) is 19.8 Å². The van der Waals surface area contributed by atoms with Crippen LogP contribution < -0.4 is 10.1 Å². The van der Waals surface area contributed by atoms with E-state index in [2.05, 4.69) is 17.3 Å². The highest BCUT2D eigenvalue weighted by Crippen LogP contribution is 2.20. The first-order chi connectivity index (χ1) is 8.28. The zero-order chi connectivity index (χ0) is 12.1. The summed E-state index contributed by atoms with van der Waals surface area (Å²) in [5.74, 6) is 0.811. The van der Waals surface area contributed by atoms with Gasteiger partial charge in [0.05, 0.1) is 24.6 Å². The van der Waals surface area contributed by atoms with Gasteiger partial charge in [0.15, 0.2) is 5.75 Å². The number of ether oxygens (including phenoxy) is 2. The summed E-state index contributed by atoms with van der Waals surface area (Å²) in [6.45, 7) is 4.67. The van der Waals surface area contributed by atoms with E-state index in [4.69, 9.17) is 9.47 Å². The molecule has 1 aliphatic rings. The minimum absolute atomic E-state index is 0.221. The third kappa shape index (κ3) is 3.71. The Morgan fingerprint density at radius 2 is 2.35 bits per heavy atom. The van der Waals surface area contributed by atoms with Crippen molar-refractivity contribution in [1.29, 1.82) is 0 Å². The quantitative estimate of drug-likeness (QED) is 0.803. The van der Waals surface area contributed by atoms with Gasteiger partial charge in [-0.05, 0) is 19.4 Å². The summed E-state index contributed by atoms with van der Waals surface area (Å²) < 4.78 is 13.2. The second-order valence-electron chi connectivity index (χ2n) is 4.43. The normalized spacial score (nSPS) is 24.1. The summed E-state index contributed by atoms with van der Waals surface area (Å²) in [5.41, 5.74) is 0. The van der Waals surface area contributed by atoms with E-state index in [1.54, 1.807) is 10.9 Å². The Labute approximate surface area is 102 Å². The SMILES string of the molecule is CCNCC1CCC(COc2cnn(C)c2)O1. The second kappa shape index (κ2) is 6.02. The Balaban J connectivity index is 1.67. The van der Waals surface area contributed by atoms with Gasteiger partial charge in [-0.1, -0.05) is 6.92 Å². The maximum absolute atomic E-state index is 5.88. The third-order valence-electron chi connectivity index (χ3n) is 2.93. The van der Waals surface area contributed by atoms with Crippen LogP contribution in [-0.4, -0.2) is 41.7 Å². The summed E-state index contributed by atoms with van der Waals surface area (Å²) in [6, 6.07) is 0. The zero-order valence-electron chi connectivity index (χ0n) is 10.6. The van der Waals surface area contributed by atoms with E-state index in [-0.39, 0.29) is 6.10 Å². The van der Waals surface area contributed by atoms with Crippen molar-refractivity contribution >= 4 is 0 Å². The van der Waals surface area contributed by atoms with Gasteiger partial charge in [-0.2, -0.15) is 5.10 Å². The number of nitrogens with one attached hydrogen (secondary N) is 1. The predicted octanol–water partition coefficient (Wildman–Crippen LogP) is 0.956. The van der Waals surface area contributed by atoms with Gasteiger partial charge in [0.25, 0.3) is 0 Å². The van der Waals surface area contributed by atoms with Crippen LogP contribution in [-0.2, 0) is 11.8 Å². The fourth-order valence-corrected chi connectivity index (χ4v) is 2.02. The smallest absolute Gasteiger partial charge is 0.157 e. The van der Waals surface area contributed by atoms with Gasteiger partial charge in [-0.25, -0.2) is 0 Å². The van der Waals surface area contributed by atoms with Gasteiger partial charge >= 0.3 is 0 Å². The van der Waals surface area contributed by atoms with Crippen molar-refractivity contribution in [2.24, 2.45) is 7.05 Å². The molecule has 0 saturated carbocycles. The first-order valence-electron chi connectivity index (χ1n) is 6.25. The molecule has 2 atom stereocenters.